The smallest absolute Gasteiger partial charge is 0.0797 e. The Labute approximate surface area is 71.5 Å². The maximum Gasteiger partial charge on any atom is 0.0797 e. The first kappa shape index (κ1) is 8.68. The zero-order valence-electron chi connectivity index (χ0n) is 7.00. The van der Waals surface area contributed by atoms with Crippen molar-refractivity contribution >= 4 is 11.3 Å². The van der Waals surface area contributed by atoms with Crippen LogP contribution in [0.4, 0.5) is 0 Å². The van der Waals surface area contributed by atoms with Gasteiger partial charge in [0.05, 0.1) is 11.2 Å². The Morgan fingerprint density at radius 2 is 2.36 bits per heavy atom. The first-order chi connectivity index (χ1) is 5.25. The van der Waals surface area contributed by atoms with Crippen LogP contribution in [0.25, 0.3) is 0 Å². The molecule has 1 rings (SSSR count). The number of thiazole rings is 1. The van der Waals surface area contributed by atoms with Gasteiger partial charge >= 0.3 is 0 Å². The van der Waals surface area contributed by atoms with Gasteiger partial charge in [0.25, 0.3) is 0 Å². The van der Waals surface area contributed by atoms with E-state index in [1.54, 1.807) is 11.3 Å². The minimum Gasteiger partial charge on any atom is -0.330 e. The number of aromatic nitrogens is 1. The van der Waals surface area contributed by atoms with Crippen LogP contribution < -0.4 is 5.73 Å². The molecule has 1 heterocycles. The average molecular weight is 170 g/mol. The molecule has 3 heteroatoms. The predicted octanol–water partition coefficient (Wildman–Crippen LogP) is 1.77. The van der Waals surface area contributed by atoms with Crippen LogP contribution in [-0.2, 0) is 6.42 Å². The summed E-state index contributed by atoms with van der Waals surface area (Å²) in [5, 5.41) is 0. The van der Waals surface area contributed by atoms with E-state index in [4.69, 9.17) is 5.73 Å². The van der Waals surface area contributed by atoms with E-state index in [-0.39, 0.29) is 0 Å². The summed E-state index contributed by atoms with van der Waals surface area (Å²) in [5.74, 6) is 0.587. The van der Waals surface area contributed by atoms with Crippen molar-refractivity contribution < 1.29 is 0 Å². The van der Waals surface area contributed by atoms with Gasteiger partial charge in [0.1, 0.15) is 0 Å². The van der Waals surface area contributed by atoms with Gasteiger partial charge in [0.15, 0.2) is 0 Å². The van der Waals surface area contributed by atoms with Crippen LogP contribution in [0, 0.1) is 0 Å². The first-order valence-corrected chi connectivity index (χ1v) is 4.76. The van der Waals surface area contributed by atoms with Crippen molar-refractivity contribution in [1.82, 2.24) is 4.98 Å². The molecule has 0 saturated heterocycles. The largest absolute Gasteiger partial charge is 0.330 e. The summed E-state index contributed by atoms with van der Waals surface area (Å²) in [7, 11) is 0. The second kappa shape index (κ2) is 3.83. The fourth-order valence-electron chi connectivity index (χ4n) is 1.07. The molecule has 0 aromatic carbocycles. The van der Waals surface area contributed by atoms with Crippen LogP contribution in [0.3, 0.4) is 0 Å². The number of hydrogen-bond acceptors (Lipinski definition) is 3. The van der Waals surface area contributed by atoms with Crippen LogP contribution in [-0.4, -0.2) is 11.5 Å². The van der Waals surface area contributed by atoms with Crippen molar-refractivity contribution in [1.29, 1.82) is 0 Å². The highest BCUT2D eigenvalue weighted by Crippen LogP contribution is 2.22. The van der Waals surface area contributed by atoms with Crippen molar-refractivity contribution in [2.45, 2.75) is 26.2 Å². The molecule has 62 valence electrons. The van der Waals surface area contributed by atoms with Crippen LogP contribution in [0.2, 0.25) is 0 Å². The number of rotatable bonds is 3. The van der Waals surface area contributed by atoms with Crippen LogP contribution in [0.15, 0.2) is 5.51 Å². The molecular formula is C8H14N2S. The molecule has 1 aromatic heterocycles. The van der Waals surface area contributed by atoms with Crippen LogP contribution in [0.5, 0.6) is 0 Å². The molecule has 2 N–H and O–H groups in total. The lowest BCUT2D eigenvalue weighted by molar-refractivity contribution is 0.837. The topological polar surface area (TPSA) is 38.9 Å². The second-order valence-corrected chi connectivity index (χ2v) is 3.74. The SMILES string of the molecule is CC(C)c1scnc1CCN. The third kappa shape index (κ3) is 2.01. The molecule has 0 aliphatic rings. The standard InChI is InChI=1S/C8H14N2S/c1-6(2)8-7(3-4-9)10-5-11-8/h5-6H,3-4,9H2,1-2H3. The number of nitrogens with two attached hydrogens (primary N) is 1. The van der Waals surface area contributed by atoms with E-state index in [1.807, 2.05) is 5.51 Å². The average Bonchev–Trinajstić information content (AvgIpc) is 2.36. The summed E-state index contributed by atoms with van der Waals surface area (Å²) in [5.41, 5.74) is 8.54. The van der Waals surface area contributed by atoms with E-state index in [9.17, 15) is 0 Å². The molecule has 1 aromatic rings. The Morgan fingerprint density at radius 3 is 2.91 bits per heavy atom. The quantitative estimate of drug-likeness (QED) is 0.751. The highest BCUT2D eigenvalue weighted by atomic mass is 32.1. The molecule has 0 fully saturated rings. The molecule has 0 amide bonds. The van der Waals surface area contributed by atoms with E-state index < -0.39 is 0 Å². The maximum atomic E-state index is 5.45. The number of hydrogen-bond donors (Lipinski definition) is 1. The van der Waals surface area contributed by atoms with Crippen molar-refractivity contribution in [3.63, 3.8) is 0 Å². The summed E-state index contributed by atoms with van der Waals surface area (Å²) < 4.78 is 0. The molecule has 2 nitrogen and oxygen atoms in total. The minimum atomic E-state index is 0.587. The van der Waals surface area contributed by atoms with E-state index in [0.717, 1.165) is 6.42 Å². The molecule has 0 saturated carbocycles. The molecule has 11 heavy (non-hydrogen) atoms. The highest BCUT2D eigenvalue weighted by Gasteiger charge is 2.07. The van der Waals surface area contributed by atoms with Gasteiger partial charge in [-0.1, -0.05) is 13.8 Å². The lowest BCUT2D eigenvalue weighted by Crippen LogP contribution is -2.05. The maximum absolute atomic E-state index is 5.45. The zero-order chi connectivity index (χ0) is 8.27. The summed E-state index contributed by atoms with van der Waals surface area (Å²) in [6, 6.07) is 0. The summed E-state index contributed by atoms with van der Waals surface area (Å²) in [6.45, 7) is 5.07. The Morgan fingerprint density at radius 1 is 1.64 bits per heavy atom. The van der Waals surface area contributed by atoms with Crippen molar-refractivity contribution in [3.05, 3.63) is 16.1 Å². The van der Waals surface area contributed by atoms with Gasteiger partial charge in [-0.05, 0) is 12.5 Å². The molecule has 0 aliphatic carbocycles. The normalized spacial score (nSPS) is 10.9. The van der Waals surface area contributed by atoms with Crippen molar-refractivity contribution in [3.8, 4) is 0 Å². The van der Waals surface area contributed by atoms with Gasteiger partial charge in [0, 0.05) is 11.3 Å². The molecule has 0 atom stereocenters. The van der Waals surface area contributed by atoms with Gasteiger partial charge < -0.3 is 5.73 Å². The highest BCUT2D eigenvalue weighted by molar-refractivity contribution is 7.09. The molecule has 0 bridgehead atoms. The first-order valence-electron chi connectivity index (χ1n) is 3.88. The molecule has 0 unspecified atom stereocenters. The lowest BCUT2D eigenvalue weighted by Gasteiger charge is -2.02. The summed E-state index contributed by atoms with van der Waals surface area (Å²) in [6.07, 6.45) is 0.914. The Balaban J connectivity index is 2.78. The zero-order valence-corrected chi connectivity index (χ0v) is 7.82. The van der Waals surface area contributed by atoms with E-state index in [0.29, 0.717) is 12.5 Å². The predicted molar refractivity (Wildman–Crippen MR) is 49.0 cm³/mol. The van der Waals surface area contributed by atoms with Crippen molar-refractivity contribution in [2.24, 2.45) is 5.73 Å². The van der Waals surface area contributed by atoms with Gasteiger partial charge in [-0.25, -0.2) is 4.98 Å². The van der Waals surface area contributed by atoms with E-state index in [2.05, 4.69) is 18.8 Å². The molecule has 0 radical (unpaired) electrons. The fraction of sp³-hybridized carbons (Fsp3) is 0.625. The van der Waals surface area contributed by atoms with Gasteiger partial charge in [-0.15, -0.1) is 11.3 Å². The lowest BCUT2D eigenvalue weighted by atomic mass is 10.1. The van der Waals surface area contributed by atoms with E-state index >= 15 is 0 Å². The Hall–Kier alpha value is -0.410. The third-order valence-electron chi connectivity index (χ3n) is 1.58. The summed E-state index contributed by atoms with van der Waals surface area (Å²) in [4.78, 5) is 5.65. The van der Waals surface area contributed by atoms with Gasteiger partial charge in [0.2, 0.25) is 0 Å². The third-order valence-corrected chi connectivity index (χ3v) is 2.75. The molecule has 0 aliphatic heterocycles. The molecular weight excluding hydrogens is 156 g/mol. The van der Waals surface area contributed by atoms with Crippen molar-refractivity contribution in [2.75, 3.05) is 6.54 Å². The summed E-state index contributed by atoms with van der Waals surface area (Å²) >= 11 is 1.73. The van der Waals surface area contributed by atoms with Gasteiger partial charge in [-0.2, -0.15) is 0 Å². The number of nitrogens with zero attached hydrogens (tertiary/aromatic N) is 1. The second-order valence-electron chi connectivity index (χ2n) is 2.86. The van der Waals surface area contributed by atoms with E-state index in [1.165, 1.54) is 10.6 Å². The van der Waals surface area contributed by atoms with Gasteiger partial charge in [-0.3, -0.25) is 0 Å². The fourth-order valence-corrected chi connectivity index (χ4v) is 1.93. The Kier molecular flexibility index (Phi) is 3.02. The minimum absolute atomic E-state index is 0.587. The molecule has 0 spiro atoms. The van der Waals surface area contributed by atoms with Crippen LogP contribution in [0.1, 0.15) is 30.3 Å². The van der Waals surface area contributed by atoms with Crippen LogP contribution >= 0.6 is 11.3 Å². The monoisotopic (exact) mass is 170 g/mol. The Bertz CT molecular complexity index is 218.